The number of rotatable bonds is 3. The van der Waals surface area contributed by atoms with E-state index in [0.29, 0.717) is 0 Å². The molecule has 1 fully saturated rings. The predicted octanol–water partition coefficient (Wildman–Crippen LogP) is 3.26. The lowest BCUT2D eigenvalue weighted by Gasteiger charge is -2.38. The second kappa shape index (κ2) is 5.16. The van der Waals surface area contributed by atoms with E-state index in [-0.39, 0.29) is 0 Å². The van der Waals surface area contributed by atoms with Gasteiger partial charge in [0.05, 0.1) is 0 Å². The molecule has 0 N–H and O–H groups in total. The van der Waals surface area contributed by atoms with Crippen molar-refractivity contribution in [3.05, 3.63) is 0 Å². The van der Waals surface area contributed by atoms with Crippen LogP contribution >= 0.6 is 0 Å². The van der Waals surface area contributed by atoms with Gasteiger partial charge < -0.3 is 4.90 Å². The highest BCUT2D eigenvalue weighted by molar-refractivity contribution is 4.80. The summed E-state index contributed by atoms with van der Waals surface area (Å²) in [5.74, 6) is 3.61. The van der Waals surface area contributed by atoms with Gasteiger partial charge in [-0.15, -0.1) is 0 Å². The lowest BCUT2D eigenvalue weighted by Crippen LogP contribution is -2.36. The summed E-state index contributed by atoms with van der Waals surface area (Å²) in [6.45, 7) is 12.2. The maximum atomic E-state index is 2.47. The largest absolute Gasteiger partial charge is 0.306 e. The average Bonchev–Trinajstić information content (AvgIpc) is 2.07. The van der Waals surface area contributed by atoms with Crippen LogP contribution in [0.1, 0.15) is 40.5 Å². The average molecular weight is 197 g/mol. The molecule has 0 bridgehead atoms. The molecule has 1 aliphatic heterocycles. The summed E-state index contributed by atoms with van der Waals surface area (Å²) < 4.78 is 0. The molecule has 1 nitrogen and oxygen atoms in total. The van der Waals surface area contributed by atoms with Crippen LogP contribution in [0, 0.1) is 23.7 Å². The van der Waals surface area contributed by atoms with Gasteiger partial charge in [-0.2, -0.15) is 0 Å². The van der Waals surface area contributed by atoms with Crippen molar-refractivity contribution < 1.29 is 0 Å². The third-order valence-electron chi connectivity index (χ3n) is 3.85. The van der Waals surface area contributed by atoms with Gasteiger partial charge in [-0.1, -0.05) is 27.7 Å². The summed E-state index contributed by atoms with van der Waals surface area (Å²) in [6.07, 6.45) is 2.83. The van der Waals surface area contributed by atoms with Gasteiger partial charge in [0, 0.05) is 0 Å². The second-order valence-corrected chi connectivity index (χ2v) is 5.71. The van der Waals surface area contributed by atoms with Crippen LogP contribution in [0.15, 0.2) is 0 Å². The van der Waals surface area contributed by atoms with Crippen LogP contribution in [0.5, 0.6) is 0 Å². The molecule has 84 valence electrons. The van der Waals surface area contributed by atoms with E-state index in [4.69, 9.17) is 0 Å². The van der Waals surface area contributed by atoms with Gasteiger partial charge in [0.2, 0.25) is 0 Å². The Labute approximate surface area is 89.9 Å². The lowest BCUT2D eigenvalue weighted by atomic mass is 9.72. The summed E-state index contributed by atoms with van der Waals surface area (Å²) in [7, 11) is 2.25. The SMILES string of the molecule is CC(C)C(C(C)C)C1CCN(C)CC1. The Kier molecular flexibility index (Phi) is 4.43. The van der Waals surface area contributed by atoms with Gasteiger partial charge in [0.1, 0.15) is 0 Å². The molecular weight excluding hydrogens is 170 g/mol. The summed E-state index contributed by atoms with van der Waals surface area (Å²) in [5.41, 5.74) is 0. The van der Waals surface area contributed by atoms with E-state index in [1.165, 1.54) is 25.9 Å². The first-order chi connectivity index (χ1) is 6.52. The minimum atomic E-state index is 0.850. The van der Waals surface area contributed by atoms with E-state index in [2.05, 4.69) is 39.6 Å². The number of piperidine rings is 1. The molecule has 0 radical (unpaired) electrons. The van der Waals surface area contributed by atoms with Crippen LogP contribution in [0.4, 0.5) is 0 Å². The molecule has 1 heteroatoms. The molecule has 1 saturated heterocycles. The van der Waals surface area contributed by atoms with Crippen LogP contribution in [-0.2, 0) is 0 Å². The van der Waals surface area contributed by atoms with Gasteiger partial charge >= 0.3 is 0 Å². The number of hydrogen-bond donors (Lipinski definition) is 0. The van der Waals surface area contributed by atoms with Gasteiger partial charge in [0.15, 0.2) is 0 Å². The van der Waals surface area contributed by atoms with Gasteiger partial charge in [-0.3, -0.25) is 0 Å². The van der Waals surface area contributed by atoms with E-state index < -0.39 is 0 Å². The van der Waals surface area contributed by atoms with Crippen LogP contribution in [0.25, 0.3) is 0 Å². The Balaban J connectivity index is 2.52. The standard InChI is InChI=1S/C13H27N/c1-10(2)13(11(3)4)12-6-8-14(5)9-7-12/h10-13H,6-9H2,1-5H3. The van der Waals surface area contributed by atoms with E-state index in [0.717, 1.165) is 23.7 Å². The monoisotopic (exact) mass is 197 g/mol. The number of nitrogens with zero attached hydrogens (tertiary/aromatic N) is 1. The Morgan fingerprint density at radius 3 is 1.71 bits per heavy atom. The molecule has 0 aromatic heterocycles. The summed E-state index contributed by atoms with van der Waals surface area (Å²) in [5, 5.41) is 0. The third kappa shape index (κ3) is 2.98. The molecule has 14 heavy (non-hydrogen) atoms. The molecule has 0 amide bonds. The number of hydrogen-bond acceptors (Lipinski definition) is 1. The zero-order valence-corrected chi connectivity index (χ0v) is 10.6. The van der Waals surface area contributed by atoms with Crippen LogP contribution in [-0.4, -0.2) is 25.0 Å². The fourth-order valence-corrected chi connectivity index (χ4v) is 3.27. The predicted molar refractivity (Wildman–Crippen MR) is 63.4 cm³/mol. The molecule has 0 spiro atoms. The van der Waals surface area contributed by atoms with Crippen LogP contribution in [0.3, 0.4) is 0 Å². The normalized spacial score (nSPS) is 21.4. The zero-order valence-electron chi connectivity index (χ0n) is 10.6. The van der Waals surface area contributed by atoms with Crippen molar-refractivity contribution in [1.29, 1.82) is 0 Å². The van der Waals surface area contributed by atoms with Crippen molar-refractivity contribution >= 4 is 0 Å². The maximum absolute atomic E-state index is 2.47. The maximum Gasteiger partial charge on any atom is -0.00190 e. The van der Waals surface area contributed by atoms with Crippen molar-refractivity contribution in [3.63, 3.8) is 0 Å². The molecule has 1 aliphatic rings. The molecular formula is C13H27N. The Hall–Kier alpha value is -0.0400. The van der Waals surface area contributed by atoms with E-state index in [1.807, 2.05) is 0 Å². The smallest absolute Gasteiger partial charge is 0.00190 e. The minimum Gasteiger partial charge on any atom is -0.306 e. The molecule has 0 atom stereocenters. The van der Waals surface area contributed by atoms with Crippen LogP contribution < -0.4 is 0 Å². The zero-order chi connectivity index (χ0) is 10.7. The minimum absolute atomic E-state index is 0.850. The van der Waals surface area contributed by atoms with E-state index in [1.54, 1.807) is 0 Å². The first-order valence-corrected chi connectivity index (χ1v) is 6.21. The van der Waals surface area contributed by atoms with Gasteiger partial charge in [-0.25, -0.2) is 0 Å². The lowest BCUT2D eigenvalue weighted by molar-refractivity contribution is 0.111. The second-order valence-electron chi connectivity index (χ2n) is 5.71. The topological polar surface area (TPSA) is 3.24 Å². The third-order valence-corrected chi connectivity index (χ3v) is 3.85. The van der Waals surface area contributed by atoms with Crippen molar-refractivity contribution in [1.82, 2.24) is 4.90 Å². The first-order valence-electron chi connectivity index (χ1n) is 6.21. The molecule has 0 unspecified atom stereocenters. The quantitative estimate of drug-likeness (QED) is 0.671. The fraction of sp³-hybridized carbons (Fsp3) is 1.00. The Morgan fingerprint density at radius 1 is 0.929 bits per heavy atom. The summed E-state index contributed by atoms with van der Waals surface area (Å²) >= 11 is 0. The highest BCUT2D eigenvalue weighted by atomic mass is 15.1. The first kappa shape index (κ1) is 12.0. The van der Waals surface area contributed by atoms with Crippen molar-refractivity contribution in [2.24, 2.45) is 23.7 Å². The summed E-state index contributed by atoms with van der Waals surface area (Å²) in [6, 6.07) is 0. The van der Waals surface area contributed by atoms with E-state index in [9.17, 15) is 0 Å². The molecule has 0 saturated carbocycles. The molecule has 0 aliphatic carbocycles. The van der Waals surface area contributed by atoms with Gasteiger partial charge in [-0.05, 0) is 56.7 Å². The van der Waals surface area contributed by atoms with Crippen LogP contribution in [0.2, 0.25) is 0 Å². The number of likely N-dealkylation sites (tertiary alicyclic amines) is 1. The van der Waals surface area contributed by atoms with Gasteiger partial charge in [0.25, 0.3) is 0 Å². The molecule has 1 heterocycles. The van der Waals surface area contributed by atoms with Crippen molar-refractivity contribution in [3.8, 4) is 0 Å². The molecule has 1 rings (SSSR count). The highest BCUT2D eigenvalue weighted by Crippen LogP contribution is 2.34. The van der Waals surface area contributed by atoms with Crippen molar-refractivity contribution in [2.45, 2.75) is 40.5 Å². The van der Waals surface area contributed by atoms with E-state index >= 15 is 0 Å². The Morgan fingerprint density at radius 2 is 1.36 bits per heavy atom. The highest BCUT2D eigenvalue weighted by Gasteiger charge is 2.29. The molecule has 0 aromatic rings. The summed E-state index contributed by atoms with van der Waals surface area (Å²) in [4.78, 5) is 2.47. The Bertz CT molecular complexity index is 147. The molecule has 0 aromatic carbocycles. The van der Waals surface area contributed by atoms with Crippen molar-refractivity contribution in [2.75, 3.05) is 20.1 Å². The fourth-order valence-electron chi connectivity index (χ4n) is 3.27.